The van der Waals surface area contributed by atoms with E-state index in [0.717, 1.165) is 17.3 Å². The van der Waals surface area contributed by atoms with Gasteiger partial charge in [-0.15, -0.1) is 0 Å². The minimum atomic E-state index is -1.26. The number of amides is 3. The normalized spacial score (nSPS) is 19.1. The van der Waals surface area contributed by atoms with E-state index in [4.69, 9.17) is 4.74 Å². The molecule has 0 aromatic heterocycles. The first-order chi connectivity index (χ1) is 15.9. The maximum atomic E-state index is 13.8. The van der Waals surface area contributed by atoms with Crippen LogP contribution in [0.2, 0.25) is 0 Å². The number of carbonyl (C=O) groups excluding carboxylic acids is 3. The van der Waals surface area contributed by atoms with Crippen molar-refractivity contribution < 1.29 is 29.0 Å². The molecule has 180 valence electrons. The van der Waals surface area contributed by atoms with E-state index in [1.165, 1.54) is 7.05 Å². The Morgan fingerprint density at radius 1 is 1.06 bits per heavy atom. The van der Waals surface area contributed by atoms with Gasteiger partial charge in [0.05, 0.1) is 17.9 Å². The van der Waals surface area contributed by atoms with Gasteiger partial charge in [-0.1, -0.05) is 42.5 Å². The predicted octanol–water partition coefficient (Wildman–Crippen LogP) is 4.60. The summed E-state index contributed by atoms with van der Waals surface area (Å²) in [5.74, 6) is -2.69. The van der Waals surface area contributed by atoms with Crippen molar-refractivity contribution in [1.29, 1.82) is 0 Å². The number of carboxylic acid groups (broad SMARTS) is 1. The quantitative estimate of drug-likeness (QED) is 0.552. The lowest BCUT2D eigenvalue weighted by atomic mass is 9.92. The van der Waals surface area contributed by atoms with Crippen molar-refractivity contribution in [2.75, 3.05) is 7.05 Å². The number of nitrogens with zero attached hydrogens (tertiary/aromatic N) is 1. The molecule has 1 aliphatic heterocycles. The van der Waals surface area contributed by atoms with Crippen molar-refractivity contribution in [3.63, 3.8) is 0 Å². The minimum Gasteiger partial charge on any atom is -0.481 e. The van der Waals surface area contributed by atoms with Crippen molar-refractivity contribution in [1.82, 2.24) is 9.80 Å². The summed E-state index contributed by atoms with van der Waals surface area (Å²) < 4.78 is 4.64. The molecule has 0 aliphatic carbocycles. The number of imide groups is 1. The fraction of sp³-hybridized carbons (Fsp3) is 0.360. The molecular weight excluding hydrogens is 456 g/mol. The number of carbonyl (C=O) groups is 4. The van der Waals surface area contributed by atoms with Crippen LogP contribution < -0.4 is 9.80 Å². The van der Waals surface area contributed by atoms with Crippen LogP contribution >= 0.6 is 11.8 Å². The summed E-state index contributed by atoms with van der Waals surface area (Å²) >= 11 is 0.953. The number of quaternary nitrogens is 1. The topological polar surface area (TPSA) is 110 Å². The van der Waals surface area contributed by atoms with E-state index in [-0.39, 0.29) is 12.8 Å². The van der Waals surface area contributed by atoms with Gasteiger partial charge in [0.25, 0.3) is 0 Å². The van der Waals surface area contributed by atoms with Gasteiger partial charge in [0.1, 0.15) is 11.6 Å². The molecule has 0 spiro atoms. The molecule has 2 aromatic carbocycles. The van der Waals surface area contributed by atoms with Crippen LogP contribution in [0.4, 0.5) is 15.3 Å². The summed E-state index contributed by atoms with van der Waals surface area (Å²) in [6.45, 7) is 5.05. The summed E-state index contributed by atoms with van der Waals surface area (Å²) in [6, 6.07) is 14.7. The van der Waals surface area contributed by atoms with Gasteiger partial charge in [-0.25, -0.2) is 14.4 Å². The average Bonchev–Trinajstić information content (AvgIpc) is 3.02. The zero-order valence-corrected chi connectivity index (χ0v) is 20.4. The smallest absolute Gasteiger partial charge is 0.408 e. The van der Waals surface area contributed by atoms with Gasteiger partial charge < -0.3 is 15.2 Å². The maximum absolute atomic E-state index is 13.8. The number of rotatable bonds is 7. The van der Waals surface area contributed by atoms with Gasteiger partial charge in [0, 0.05) is 17.8 Å². The first-order valence-electron chi connectivity index (χ1n) is 10.9. The third-order valence-electron chi connectivity index (χ3n) is 5.53. The van der Waals surface area contributed by atoms with Crippen LogP contribution in [0.25, 0.3) is 0 Å². The van der Waals surface area contributed by atoms with Gasteiger partial charge in [-0.05, 0) is 45.2 Å². The van der Waals surface area contributed by atoms with E-state index in [1.807, 2.05) is 6.07 Å². The lowest BCUT2D eigenvalue weighted by molar-refractivity contribution is -0.142. The van der Waals surface area contributed by atoms with Crippen molar-refractivity contribution in [3.8, 4) is 0 Å². The van der Waals surface area contributed by atoms with E-state index in [0.29, 0.717) is 10.6 Å². The highest BCUT2D eigenvalue weighted by Crippen LogP contribution is 2.45. The summed E-state index contributed by atoms with van der Waals surface area (Å²) in [4.78, 5) is 52.2. The highest BCUT2D eigenvalue weighted by molar-refractivity contribution is 8.14. The molecule has 2 N–H and O–H groups in total. The number of benzene rings is 2. The Labute approximate surface area is 202 Å². The number of ether oxygens (including phenoxy) is 1. The van der Waals surface area contributed by atoms with E-state index >= 15 is 0 Å². The summed E-state index contributed by atoms with van der Waals surface area (Å²) in [6.07, 6.45) is -0.885. The van der Waals surface area contributed by atoms with Crippen LogP contribution in [0.5, 0.6) is 0 Å². The molecule has 34 heavy (non-hydrogen) atoms. The highest BCUT2D eigenvalue weighted by atomic mass is 32.2. The molecule has 0 saturated carbocycles. The SMILES string of the molecule is CC(C)(C)OC(=O)N[C@@H](CC(Cc1ccccc1)C(=O)O)C(=O)[N+]1(C)C(=O)Sc2ccccc21. The minimum absolute atomic E-state index is 0.166. The molecule has 0 fully saturated rings. The van der Waals surface area contributed by atoms with Gasteiger partial charge in [0.15, 0.2) is 5.69 Å². The molecule has 1 aliphatic rings. The lowest BCUT2D eigenvalue weighted by Crippen LogP contribution is -2.60. The average molecular weight is 486 g/mol. The third-order valence-corrected chi connectivity index (χ3v) is 6.64. The second-order valence-corrected chi connectivity index (χ2v) is 10.3. The monoisotopic (exact) mass is 485 g/mol. The number of hydrogen-bond donors (Lipinski definition) is 2. The fourth-order valence-corrected chi connectivity index (χ4v) is 4.90. The number of hydrogen-bond acceptors (Lipinski definition) is 6. The van der Waals surface area contributed by atoms with Crippen LogP contribution in [-0.2, 0) is 20.7 Å². The van der Waals surface area contributed by atoms with Crippen LogP contribution in [0.3, 0.4) is 0 Å². The molecule has 2 unspecified atom stereocenters. The Morgan fingerprint density at radius 3 is 2.29 bits per heavy atom. The predicted molar refractivity (Wildman–Crippen MR) is 129 cm³/mol. The Kier molecular flexibility index (Phi) is 7.48. The van der Waals surface area contributed by atoms with Gasteiger partial charge in [-0.2, -0.15) is 4.48 Å². The maximum Gasteiger partial charge on any atom is 0.408 e. The number of para-hydroxylation sites is 1. The Balaban J connectivity index is 1.94. The molecule has 2 aromatic rings. The molecule has 9 heteroatoms. The molecule has 0 radical (unpaired) electrons. The number of thioether (sulfide) groups is 1. The molecule has 3 rings (SSSR count). The fourth-order valence-electron chi connectivity index (χ4n) is 3.84. The van der Waals surface area contributed by atoms with Crippen molar-refractivity contribution >= 4 is 40.7 Å². The van der Waals surface area contributed by atoms with Crippen LogP contribution in [0.1, 0.15) is 32.8 Å². The van der Waals surface area contributed by atoms with E-state index in [9.17, 15) is 24.3 Å². The Hall–Kier alpha value is -3.17. The number of aliphatic carboxylic acids is 1. The number of carboxylic acids is 1. The van der Waals surface area contributed by atoms with Crippen LogP contribution in [0.15, 0.2) is 59.5 Å². The Morgan fingerprint density at radius 2 is 1.68 bits per heavy atom. The molecule has 0 bridgehead atoms. The number of likely N-dealkylation sites (N-methyl/N-ethyl adjacent to an activating group) is 1. The number of alkyl carbamates (subject to hydrolysis) is 1. The first kappa shape index (κ1) is 25.5. The van der Waals surface area contributed by atoms with Gasteiger partial charge >= 0.3 is 23.2 Å². The van der Waals surface area contributed by atoms with Crippen molar-refractivity contribution in [2.24, 2.45) is 5.92 Å². The molecule has 8 nitrogen and oxygen atoms in total. The van der Waals surface area contributed by atoms with Gasteiger partial charge in [0.2, 0.25) is 0 Å². The van der Waals surface area contributed by atoms with Crippen LogP contribution in [0, 0.1) is 5.92 Å². The highest BCUT2D eigenvalue weighted by Gasteiger charge is 2.53. The summed E-state index contributed by atoms with van der Waals surface area (Å²) in [7, 11) is 1.47. The molecule has 1 heterocycles. The van der Waals surface area contributed by atoms with E-state index < -0.39 is 45.3 Å². The standard InChI is InChI=1S/C25H28N2O6S/c1-25(2,3)33-23(31)26-18(15-17(22(29)30)14-16-10-6-5-7-11-16)21(28)27(4)19-12-8-9-13-20(19)34-24(27)32/h5-13,17-18H,14-15H2,1-4H3,(H-,26,29,30,31)/p+1/t17?,18-,27?/m0/s1. The zero-order valence-electron chi connectivity index (χ0n) is 19.6. The second kappa shape index (κ2) is 9.99. The lowest BCUT2D eigenvalue weighted by Gasteiger charge is -2.30. The third kappa shape index (κ3) is 5.66. The summed E-state index contributed by atoms with van der Waals surface area (Å²) in [5.41, 5.74) is 0.462. The molecule has 3 atom stereocenters. The van der Waals surface area contributed by atoms with Crippen LogP contribution in [-0.4, -0.2) is 47.0 Å². The summed E-state index contributed by atoms with van der Waals surface area (Å²) in [5, 5.41) is 12.0. The van der Waals surface area contributed by atoms with Crippen molar-refractivity contribution in [3.05, 3.63) is 60.2 Å². The van der Waals surface area contributed by atoms with Gasteiger partial charge in [-0.3, -0.25) is 4.79 Å². The molecule has 0 saturated heterocycles. The zero-order chi connectivity index (χ0) is 25.1. The van der Waals surface area contributed by atoms with E-state index in [2.05, 4.69) is 5.32 Å². The Bertz CT molecular complexity index is 1100. The molecule has 3 amide bonds. The number of fused-ring (bicyclic) bond motifs is 1. The largest absolute Gasteiger partial charge is 0.481 e. The van der Waals surface area contributed by atoms with Crippen molar-refractivity contribution in [2.45, 2.75) is 50.2 Å². The number of nitrogens with one attached hydrogen (secondary N) is 1. The molecular formula is C25H29N2O6S+. The first-order valence-corrected chi connectivity index (χ1v) is 11.7. The van der Waals surface area contributed by atoms with E-state index in [1.54, 1.807) is 69.3 Å². The second-order valence-electron chi connectivity index (χ2n) is 9.34.